The third-order valence-corrected chi connectivity index (χ3v) is 3.26. The molecule has 1 aliphatic heterocycles. The van der Waals surface area contributed by atoms with E-state index in [1.54, 1.807) is 12.4 Å². The van der Waals surface area contributed by atoms with E-state index in [0.29, 0.717) is 25.1 Å². The molecular weight excluding hydrogens is 216 g/mol. The first-order chi connectivity index (χ1) is 8.29. The van der Waals surface area contributed by atoms with Gasteiger partial charge in [-0.15, -0.1) is 0 Å². The van der Waals surface area contributed by atoms with E-state index in [-0.39, 0.29) is 0 Å². The number of hydrogen-bond donors (Lipinski definition) is 1. The van der Waals surface area contributed by atoms with Crippen LogP contribution < -0.4 is 10.5 Å². The Hall–Kier alpha value is -1.20. The topological polar surface area (TPSA) is 64.3 Å². The van der Waals surface area contributed by atoms with Crippen LogP contribution in [0.25, 0.3) is 0 Å². The van der Waals surface area contributed by atoms with E-state index in [1.165, 1.54) is 19.4 Å². The van der Waals surface area contributed by atoms with Crippen LogP contribution in [-0.2, 0) is 6.54 Å². The average Bonchev–Trinajstić information content (AvgIpc) is 2.76. The van der Waals surface area contributed by atoms with Crippen molar-refractivity contribution in [3.63, 3.8) is 0 Å². The van der Waals surface area contributed by atoms with Crippen molar-refractivity contribution < 1.29 is 4.74 Å². The Kier molecular flexibility index (Phi) is 4.28. The number of nitrogens with two attached hydrogens (primary N) is 1. The van der Waals surface area contributed by atoms with Crippen LogP contribution >= 0.6 is 0 Å². The third-order valence-electron chi connectivity index (χ3n) is 3.26. The first kappa shape index (κ1) is 12.3. The lowest BCUT2D eigenvalue weighted by molar-refractivity contribution is 0.228. The molecule has 0 aromatic carbocycles. The first-order valence-electron chi connectivity index (χ1n) is 6.13. The van der Waals surface area contributed by atoms with E-state index in [2.05, 4.69) is 21.9 Å². The van der Waals surface area contributed by atoms with Gasteiger partial charge >= 0.3 is 0 Å². The molecule has 1 aromatic heterocycles. The molecule has 1 fully saturated rings. The second-order valence-corrected chi connectivity index (χ2v) is 4.46. The molecule has 0 aliphatic carbocycles. The second-order valence-electron chi connectivity index (χ2n) is 4.46. The monoisotopic (exact) mass is 236 g/mol. The smallest absolute Gasteiger partial charge is 0.232 e. The summed E-state index contributed by atoms with van der Waals surface area (Å²) < 4.78 is 5.57. The summed E-state index contributed by atoms with van der Waals surface area (Å²) in [5.41, 5.74) is 6.23. The first-order valence-corrected chi connectivity index (χ1v) is 6.13. The van der Waals surface area contributed by atoms with E-state index in [0.717, 1.165) is 12.1 Å². The Bertz CT molecular complexity index is 341. The zero-order chi connectivity index (χ0) is 12.1. The SMILES string of the molecule is CN1CCCC1CCOc1cnc(CN)cn1. The molecular formula is C12H20N4O. The molecule has 0 amide bonds. The highest BCUT2D eigenvalue weighted by Gasteiger charge is 2.20. The summed E-state index contributed by atoms with van der Waals surface area (Å²) in [6.07, 6.45) is 6.93. The zero-order valence-electron chi connectivity index (χ0n) is 10.3. The molecule has 2 heterocycles. The Labute approximate surface area is 102 Å². The largest absolute Gasteiger partial charge is 0.477 e. The van der Waals surface area contributed by atoms with Gasteiger partial charge < -0.3 is 15.4 Å². The highest BCUT2D eigenvalue weighted by Crippen LogP contribution is 2.17. The van der Waals surface area contributed by atoms with Gasteiger partial charge in [-0.2, -0.15) is 0 Å². The predicted molar refractivity (Wildman–Crippen MR) is 65.7 cm³/mol. The lowest BCUT2D eigenvalue weighted by Gasteiger charge is -2.18. The number of likely N-dealkylation sites (tertiary alicyclic amines) is 1. The lowest BCUT2D eigenvalue weighted by atomic mass is 10.1. The molecule has 0 bridgehead atoms. The molecule has 2 N–H and O–H groups in total. The fourth-order valence-corrected chi connectivity index (χ4v) is 2.17. The minimum Gasteiger partial charge on any atom is -0.477 e. The van der Waals surface area contributed by atoms with E-state index in [4.69, 9.17) is 10.5 Å². The fraction of sp³-hybridized carbons (Fsp3) is 0.667. The molecule has 1 aliphatic rings. The summed E-state index contributed by atoms with van der Waals surface area (Å²) in [4.78, 5) is 10.7. The summed E-state index contributed by atoms with van der Waals surface area (Å²) in [5.74, 6) is 0.586. The Morgan fingerprint density at radius 1 is 1.47 bits per heavy atom. The number of rotatable bonds is 5. The van der Waals surface area contributed by atoms with E-state index in [1.807, 2.05) is 0 Å². The Morgan fingerprint density at radius 3 is 2.94 bits per heavy atom. The number of nitrogens with zero attached hydrogens (tertiary/aromatic N) is 3. The molecule has 5 heteroatoms. The Balaban J connectivity index is 1.73. The van der Waals surface area contributed by atoms with Crippen molar-refractivity contribution in [3.05, 3.63) is 18.1 Å². The van der Waals surface area contributed by atoms with Crippen LogP contribution in [0.1, 0.15) is 25.0 Å². The highest BCUT2D eigenvalue weighted by molar-refractivity contribution is 5.06. The molecule has 17 heavy (non-hydrogen) atoms. The average molecular weight is 236 g/mol. The van der Waals surface area contributed by atoms with Crippen molar-refractivity contribution in [1.82, 2.24) is 14.9 Å². The molecule has 0 radical (unpaired) electrons. The molecule has 1 atom stereocenters. The van der Waals surface area contributed by atoms with Crippen molar-refractivity contribution in [2.75, 3.05) is 20.2 Å². The normalized spacial score (nSPS) is 20.7. The molecule has 0 saturated carbocycles. The predicted octanol–water partition coefficient (Wildman–Crippen LogP) is 0.798. The van der Waals surface area contributed by atoms with Crippen LogP contribution in [0.2, 0.25) is 0 Å². The van der Waals surface area contributed by atoms with Gasteiger partial charge in [0.25, 0.3) is 0 Å². The van der Waals surface area contributed by atoms with Crippen molar-refractivity contribution >= 4 is 0 Å². The Morgan fingerprint density at radius 2 is 2.35 bits per heavy atom. The molecule has 1 saturated heterocycles. The van der Waals surface area contributed by atoms with Crippen LogP contribution in [-0.4, -0.2) is 41.1 Å². The summed E-state index contributed by atoms with van der Waals surface area (Å²) >= 11 is 0. The maximum atomic E-state index is 5.57. The van der Waals surface area contributed by atoms with E-state index >= 15 is 0 Å². The van der Waals surface area contributed by atoms with Gasteiger partial charge in [-0.05, 0) is 32.9 Å². The van der Waals surface area contributed by atoms with E-state index in [9.17, 15) is 0 Å². The number of aromatic nitrogens is 2. The fourth-order valence-electron chi connectivity index (χ4n) is 2.17. The summed E-state index contributed by atoms with van der Waals surface area (Å²) in [5, 5.41) is 0. The van der Waals surface area contributed by atoms with E-state index < -0.39 is 0 Å². The van der Waals surface area contributed by atoms with Crippen LogP contribution in [0.4, 0.5) is 0 Å². The summed E-state index contributed by atoms with van der Waals surface area (Å²) in [6.45, 7) is 2.32. The van der Waals surface area contributed by atoms with Crippen molar-refractivity contribution in [2.45, 2.75) is 31.8 Å². The van der Waals surface area contributed by atoms with Gasteiger partial charge in [0.15, 0.2) is 0 Å². The number of hydrogen-bond acceptors (Lipinski definition) is 5. The maximum Gasteiger partial charge on any atom is 0.232 e. The molecule has 1 aromatic rings. The van der Waals surface area contributed by atoms with Crippen molar-refractivity contribution in [3.8, 4) is 5.88 Å². The quantitative estimate of drug-likeness (QED) is 0.819. The van der Waals surface area contributed by atoms with Gasteiger partial charge in [0, 0.05) is 12.6 Å². The van der Waals surface area contributed by atoms with Gasteiger partial charge in [0.2, 0.25) is 5.88 Å². The van der Waals surface area contributed by atoms with Crippen LogP contribution in [0, 0.1) is 0 Å². The lowest BCUT2D eigenvalue weighted by Crippen LogP contribution is -2.26. The van der Waals surface area contributed by atoms with Gasteiger partial charge in [-0.1, -0.05) is 0 Å². The highest BCUT2D eigenvalue weighted by atomic mass is 16.5. The summed E-state index contributed by atoms with van der Waals surface area (Å²) in [6, 6.07) is 0.659. The minimum absolute atomic E-state index is 0.417. The van der Waals surface area contributed by atoms with Gasteiger partial charge in [0.1, 0.15) is 0 Å². The van der Waals surface area contributed by atoms with Crippen LogP contribution in [0.5, 0.6) is 5.88 Å². The van der Waals surface area contributed by atoms with Gasteiger partial charge in [-0.3, -0.25) is 4.98 Å². The molecule has 0 spiro atoms. The number of ether oxygens (including phenoxy) is 1. The molecule has 1 unspecified atom stereocenters. The van der Waals surface area contributed by atoms with Gasteiger partial charge in [0.05, 0.1) is 24.7 Å². The maximum absolute atomic E-state index is 5.57. The zero-order valence-corrected chi connectivity index (χ0v) is 10.3. The van der Waals surface area contributed by atoms with Crippen LogP contribution in [0.3, 0.4) is 0 Å². The van der Waals surface area contributed by atoms with Crippen LogP contribution in [0.15, 0.2) is 12.4 Å². The standard InChI is InChI=1S/C12H20N4O/c1-16-5-2-3-11(16)4-6-17-12-9-14-10(7-13)8-15-12/h8-9,11H,2-7,13H2,1H3. The molecule has 94 valence electrons. The van der Waals surface area contributed by atoms with Gasteiger partial charge in [-0.25, -0.2) is 4.98 Å². The van der Waals surface area contributed by atoms with Crippen molar-refractivity contribution in [1.29, 1.82) is 0 Å². The summed E-state index contributed by atoms with van der Waals surface area (Å²) in [7, 11) is 2.17. The molecule has 5 nitrogen and oxygen atoms in total. The minimum atomic E-state index is 0.417. The second kappa shape index (κ2) is 5.93. The molecule has 2 rings (SSSR count). The third kappa shape index (κ3) is 3.38. The van der Waals surface area contributed by atoms with Crippen molar-refractivity contribution in [2.24, 2.45) is 5.73 Å².